The third kappa shape index (κ3) is 7.31. The molecule has 0 aliphatic carbocycles. The number of anilines is 2. The number of allylic oxidation sites excluding steroid dienone is 3. The van der Waals surface area contributed by atoms with E-state index in [-0.39, 0.29) is 42.1 Å². The number of amides is 1. The molecule has 14 nitrogen and oxygen atoms in total. The predicted octanol–water partition coefficient (Wildman–Crippen LogP) is 0.659. The first-order valence-corrected chi connectivity index (χ1v) is 15.4. The fraction of sp³-hybridized carbons (Fsp3) is 0.160. The maximum absolute atomic E-state index is 12.6. The quantitative estimate of drug-likeness (QED) is 0.122. The van der Waals surface area contributed by atoms with E-state index in [1.165, 1.54) is 18.3 Å². The largest absolute Gasteiger partial charge is 0.291 e. The summed E-state index contributed by atoms with van der Waals surface area (Å²) in [6.07, 6.45) is 6.04. The van der Waals surface area contributed by atoms with Crippen LogP contribution in [-0.4, -0.2) is 72.5 Å². The van der Waals surface area contributed by atoms with Crippen LogP contribution in [-0.2, 0) is 20.9 Å². The van der Waals surface area contributed by atoms with Gasteiger partial charge in [0.05, 0.1) is 18.4 Å². The second-order valence-electron chi connectivity index (χ2n) is 8.45. The molecule has 0 saturated carbocycles. The molecule has 204 valence electrons. The summed E-state index contributed by atoms with van der Waals surface area (Å²) in [6.45, 7) is 0.215. The molecule has 3 aromatic rings. The molecule has 4 rings (SSSR count). The number of aromatic amines is 1. The normalized spacial score (nSPS) is 12.8. The minimum absolute atomic E-state index is 0.0490. The van der Waals surface area contributed by atoms with Crippen LogP contribution in [0.3, 0.4) is 0 Å². The van der Waals surface area contributed by atoms with Gasteiger partial charge in [0, 0.05) is 0 Å². The number of aromatic nitrogens is 4. The summed E-state index contributed by atoms with van der Waals surface area (Å²) in [5, 5.41) is 14.9. The van der Waals surface area contributed by atoms with Crippen LogP contribution in [0.4, 0.5) is 16.4 Å². The Balaban J connectivity index is 1.29. The van der Waals surface area contributed by atoms with Crippen LogP contribution in [0.5, 0.6) is 0 Å². The van der Waals surface area contributed by atoms with E-state index >= 15 is 0 Å². The monoisotopic (exact) mass is 607 g/mol. The fourth-order valence-electron chi connectivity index (χ4n) is 3.54. The van der Waals surface area contributed by atoms with Crippen molar-refractivity contribution < 1.29 is 29.0 Å². The number of nitrogens with two attached hydrogens (primary N) is 1. The summed E-state index contributed by atoms with van der Waals surface area (Å²) in [5.74, 6) is -2.89. The van der Waals surface area contributed by atoms with Gasteiger partial charge in [0.1, 0.15) is 0 Å². The van der Waals surface area contributed by atoms with Crippen molar-refractivity contribution in [1.29, 1.82) is 0 Å². The minimum atomic E-state index is -2.44. The van der Waals surface area contributed by atoms with E-state index in [0.29, 0.717) is 11.4 Å². The third-order valence-electron chi connectivity index (χ3n) is 5.56. The van der Waals surface area contributed by atoms with Gasteiger partial charge in [-0.15, -0.1) is 0 Å². The van der Waals surface area contributed by atoms with Crippen molar-refractivity contribution >= 4 is 64.2 Å². The molecule has 1 aromatic carbocycles. The molecule has 1 atom stereocenters. The van der Waals surface area contributed by atoms with Crippen molar-refractivity contribution in [3.05, 3.63) is 75.2 Å². The zero-order valence-corrected chi connectivity index (χ0v) is 22.9. The van der Waals surface area contributed by atoms with E-state index in [4.69, 9.17) is 10.5 Å². The third-order valence-corrected chi connectivity index (χ3v) is 9.08. The van der Waals surface area contributed by atoms with Crippen molar-refractivity contribution in [2.45, 2.75) is 25.4 Å². The summed E-state index contributed by atoms with van der Waals surface area (Å²) >= 11 is -2.44. The van der Waals surface area contributed by atoms with Gasteiger partial charge in [-0.25, -0.2) is 9.97 Å². The molecular formula is C25H23GeN7O7. The number of hydrogen-bond donors (Lipinski definition) is 5. The summed E-state index contributed by atoms with van der Waals surface area (Å²) in [6, 6.07) is 4.82. The molecule has 0 fully saturated rings. The van der Waals surface area contributed by atoms with Crippen LogP contribution in [0.25, 0.3) is 11.2 Å². The Morgan fingerprint density at radius 3 is 2.58 bits per heavy atom. The number of carboxylic acid groups (broad SMARTS) is 1. The predicted molar refractivity (Wildman–Crippen MR) is 146 cm³/mol. The molecular weight excluding hydrogens is 583 g/mol. The average Bonchev–Trinajstić information content (AvgIpc) is 2.94. The average molecular weight is 606 g/mol. The molecule has 1 amide bonds. The van der Waals surface area contributed by atoms with E-state index in [0.717, 1.165) is 0 Å². The molecule has 1 aliphatic rings. The Kier molecular flexibility index (Phi) is 8.90. The summed E-state index contributed by atoms with van der Waals surface area (Å²) in [7, 11) is 0. The number of carbonyl (C=O) groups excluding carboxylic acids is 3. The Labute approximate surface area is 230 Å². The second-order valence-corrected chi connectivity index (χ2v) is 12.6. The number of aliphatic carboxylic acids is 1. The number of nitrogen functional groups attached to an aromatic ring is 1. The second kappa shape index (κ2) is 12.7. The van der Waals surface area contributed by atoms with Gasteiger partial charge < -0.3 is 11.1 Å². The Morgan fingerprint density at radius 2 is 1.88 bits per heavy atom. The number of nitrogens with one attached hydrogen (secondary N) is 3. The maximum atomic E-state index is 12.6. The Hall–Kier alpha value is -4.99. The first kappa shape index (κ1) is 28.0. The molecule has 0 unspecified atom stereocenters. The van der Waals surface area contributed by atoms with Gasteiger partial charge in [-0.3, -0.25) is 9.78 Å². The van der Waals surface area contributed by atoms with E-state index in [2.05, 4.69) is 30.6 Å². The number of fused-ring (bicyclic) bond motifs is 1. The number of benzene rings is 1. The standard InChI is InChI=1S/C25H23GeN7O7/c27-25-32-20-19(22(36)33-25)30-16(13-29-20)12-28-15-6-4-14(5-7-15)21(35)31-17(23(37)38)8-9-18(34)40-24(39)26-10-2-1-3-11-26/h1-7,10-11,13,17,28H,8-9,12H2,(H,31,35)(H,37,38)(H3,27,29,32,33,36)/t17-/m0/s1. The van der Waals surface area contributed by atoms with Crippen LogP contribution < -0.4 is 21.9 Å². The van der Waals surface area contributed by atoms with E-state index in [9.17, 15) is 29.1 Å². The Morgan fingerprint density at radius 1 is 1.10 bits per heavy atom. The molecule has 0 bridgehead atoms. The van der Waals surface area contributed by atoms with Crippen LogP contribution in [0.15, 0.2) is 58.4 Å². The summed E-state index contributed by atoms with van der Waals surface area (Å²) < 4.78 is 4.84. The van der Waals surface area contributed by atoms with Crippen molar-refractivity contribution in [2.75, 3.05) is 11.1 Å². The zero-order valence-electron chi connectivity index (χ0n) is 20.8. The van der Waals surface area contributed by atoms with Crippen LogP contribution in [0.2, 0.25) is 0 Å². The minimum Gasteiger partial charge on any atom is -0.291 e. The molecule has 6 N–H and O–H groups in total. The van der Waals surface area contributed by atoms with Crippen molar-refractivity contribution in [3.63, 3.8) is 0 Å². The van der Waals surface area contributed by atoms with Crippen molar-refractivity contribution in [2.24, 2.45) is 0 Å². The van der Waals surface area contributed by atoms with Gasteiger partial charge in [-0.05, 0) is 0 Å². The SMILES string of the molecule is Nc1nc2ncc(CNc3ccc(C(=O)N[C@@H](CCC(=O)O[C](=O)[Ge]4=[CH]C=CC=[CH]4)C(=O)O)cc3)nc2c(=O)[nH]1. The summed E-state index contributed by atoms with van der Waals surface area (Å²) in [4.78, 5) is 77.9. The van der Waals surface area contributed by atoms with Gasteiger partial charge in [0.15, 0.2) is 11.2 Å². The number of hydrogen-bond acceptors (Lipinski definition) is 11. The molecule has 1 aliphatic heterocycles. The molecule has 0 saturated heterocycles. The van der Waals surface area contributed by atoms with Crippen LogP contribution in [0.1, 0.15) is 28.9 Å². The molecule has 0 radical (unpaired) electrons. The van der Waals surface area contributed by atoms with Crippen LogP contribution >= 0.6 is 0 Å². The first-order valence-electron chi connectivity index (χ1n) is 11.9. The number of carboxylic acids is 1. The van der Waals surface area contributed by atoms with E-state index in [1.54, 1.807) is 40.1 Å². The summed E-state index contributed by atoms with van der Waals surface area (Å²) in [5.41, 5.74) is 6.44. The van der Waals surface area contributed by atoms with Gasteiger partial charge in [0.25, 0.3) is 5.56 Å². The number of H-pyrrole nitrogens is 1. The molecule has 3 heterocycles. The van der Waals surface area contributed by atoms with E-state index < -0.39 is 48.2 Å². The molecule has 15 heteroatoms. The maximum Gasteiger partial charge on any atom is 0.280 e. The molecule has 2 aromatic heterocycles. The van der Waals surface area contributed by atoms with Crippen molar-refractivity contribution in [3.8, 4) is 0 Å². The number of esters is 1. The smallest absolute Gasteiger partial charge is 0.280 e. The topological polar surface area (TPSA) is 219 Å². The van der Waals surface area contributed by atoms with Gasteiger partial charge >= 0.3 is 153 Å². The Bertz CT molecular complexity index is 1630. The molecule has 0 spiro atoms. The van der Waals surface area contributed by atoms with Crippen molar-refractivity contribution in [1.82, 2.24) is 25.3 Å². The number of rotatable bonds is 10. The van der Waals surface area contributed by atoms with Gasteiger partial charge in [0.2, 0.25) is 5.95 Å². The number of nitrogens with zero attached hydrogens (tertiary/aromatic N) is 3. The first-order chi connectivity index (χ1) is 19.2. The van der Waals surface area contributed by atoms with Gasteiger partial charge in [-0.2, -0.15) is 4.98 Å². The van der Waals surface area contributed by atoms with E-state index in [1.807, 2.05) is 0 Å². The molecule has 40 heavy (non-hydrogen) atoms. The number of ether oxygens (including phenoxy) is 1. The van der Waals surface area contributed by atoms with Crippen LogP contribution in [0, 0.1) is 0 Å². The fourth-order valence-corrected chi connectivity index (χ4v) is 6.16. The zero-order chi connectivity index (χ0) is 28.6. The van der Waals surface area contributed by atoms with Gasteiger partial charge in [-0.1, -0.05) is 0 Å². The number of carbonyl (C=O) groups is 4.